The second kappa shape index (κ2) is 9.64. The molecule has 5 nitrogen and oxygen atoms in total. The molecule has 1 aromatic carbocycles. The van der Waals surface area contributed by atoms with Crippen molar-refractivity contribution in [3.05, 3.63) is 48.2 Å². The van der Waals surface area contributed by atoms with E-state index in [1.54, 1.807) is 14.2 Å². The first-order valence-electron chi connectivity index (χ1n) is 8.82. The van der Waals surface area contributed by atoms with E-state index in [0.29, 0.717) is 6.04 Å². The van der Waals surface area contributed by atoms with E-state index in [1.807, 2.05) is 18.3 Å². The van der Waals surface area contributed by atoms with Crippen LogP contribution in [0.15, 0.2) is 42.6 Å². The molecule has 0 amide bonds. The molecule has 0 saturated carbocycles. The number of ether oxygens (including phenoxy) is 2. The Hall–Kier alpha value is -1.98. The fourth-order valence-electron chi connectivity index (χ4n) is 3.39. The Bertz CT molecular complexity index is 684. The van der Waals surface area contributed by atoms with E-state index in [2.05, 4.69) is 46.0 Å². The van der Waals surface area contributed by atoms with E-state index in [4.69, 9.17) is 9.47 Å². The highest BCUT2D eigenvalue weighted by molar-refractivity contribution is 5.85. The maximum absolute atomic E-state index is 5.40. The van der Waals surface area contributed by atoms with Gasteiger partial charge in [-0.3, -0.25) is 4.90 Å². The summed E-state index contributed by atoms with van der Waals surface area (Å²) in [6.07, 6.45) is 2.87. The van der Waals surface area contributed by atoms with Crippen LogP contribution in [0.4, 0.5) is 5.82 Å². The third-order valence-electron chi connectivity index (χ3n) is 4.87. The van der Waals surface area contributed by atoms with Crippen LogP contribution in [0.2, 0.25) is 0 Å². The van der Waals surface area contributed by atoms with Gasteiger partial charge >= 0.3 is 0 Å². The Morgan fingerprint density at radius 3 is 2.54 bits per heavy atom. The van der Waals surface area contributed by atoms with Crippen LogP contribution in [-0.4, -0.2) is 56.3 Å². The summed E-state index contributed by atoms with van der Waals surface area (Å²) in [6.45, 7) is 6.44. The summed E-state index contributed by atoms with van der Waals surface area (Å²) in [4.78, 5) is 9.40. The summed E-state index contributed by atoms with van der Waals surface area (Å²) < 4.78 is 10.7. The van der Waals surface area contributed by atoms with Crippen LogP contribution < -0.4 is 14.4 Å². The van der Waals surface area contributed by atoms with Gasteiger partial charge in [0.2, 0.25) is 0 Å². The van der Waals surface area contributed by atoms with E-state index >= 15 is 0 Å². The molecule has 2 aromatic rings. The third-order valence-corrected chi connectivity index (χ3v) is 4.87. The number of rotatable bonds is 6. The van der Waals surface area contributed by atoms with Crippen molar-refractivity contribution in [2.75, 3.05) is 45.3 Å². The zero-order chi connectivity index (χ0) is 17.6. The highest BCUT2D eigenvalue weighted by Crippen LogP contribution is 2.28. The molecule has 0 aliphatic carbocycles. The number of pyridine rings is 1. The number of benzene rings is 1. The lowest BCUT2D eigenvalue weighted by Crippen LogP contribution is -2.52. The van der Waals surface area contributed by atoms with Crippen molar-refractivity contribution < 1.29 is 9.47 Å². The number of methoxy groups -OCH3 is 2. The van der Waals surface area contributed by atoms with E-state index in [9.17, 15) is 0 Å². The smallest absolute Gasteiger partial charge is 0.160 e. The first kappa shape index (κ1) is 20.3. The summed E-state index contributed by atoms with van der Waals surface area (Å²) in [5, 5.41) is 0. The van der Waals surface area contributed by atoms with Gasteiger partial charge in [-0.05, 0) is 43.2 Å². The lowest BCUT2D eigenvalue weighted by molar-refractivity contribution is 0.191. The summed E-state index contributed by atoms with van der Waals surface area (Å²) in [5.41, 5.74) is 1.28. The van der Waals surface area contributed by atoms with Crippen molar-refractivity contribution in [3.63, 3.8) is 0 Å². The molecule has 0 radical (unpaired) electrons. The molecule has 3 rings (SSSR count). The van der Waals surface area contributed by atoms with Gasteiger partial charge in [-0.15, -0.1) is 12.4 Å². The van der Waals surface area contributed by atoms with Crippen molar-refractivity contribution in [1.29, 1.82) is 0 Å². The first-order chi connectivity index (χ1) is 12.2. The van der Waals surface area contributed by atoms with Crippen LogP contribution in [0.1, 0.15) is 12.5 Å². The van der Waals surface area contributed by atoms with Gasteiger partial charge in [0.25, 0.3) is 0 Å². The summed E-state index contributed by atoms with van der Waals surface area (Å²) in [6, 6.07) is 12.8. The number of hydrogen-bond donors (Lipinski definition) is 0. The number of piperazine rings is 1. The Balaban J connectivity index is 0.00000243. The van der Waals surface area contributed by atoms with Gasteiger partial charge in [-0.1, -0.05) is 12.1 Å². The molecule has 1 fully saturated rings. The highest BCUT2D eigenvalue weighted by atomic mass is 35.5. The molecule has 6 heteroatoms. The average Bonchev–Trinajstić information content (AvgIpc) is 2.67. The fraction of sp³-hybridized carbons (Fsp3) is 0.450. The van der Waals surface area contributed by atoms with E-state index < -0.39 is 0 Å². The van der Waals surface area contributed by atoms with Crippen LogP contribution in [0.3, 0.4) is 0 Å². The number of anilines is 1. The maximum Gasteiger partial charge on any atom is 0.160 e. The van der Waals surface area contributed by atoms with Crippen molar-refractivity contribution >= 4 is 18.2 Å². The normalized spacial score (nSPS) is 17.5. The van der Waals surface area contributed by atoms with Crippen LogP contribution in [-0.2, 0) is 6.42 Å². The Morgan fingerprint density at radius 2 is 1.88 bits per heavy atom. The number of halogens is 1. The zero-order valence-corrected chi connectivity index (χ0v) is 16.5. The molecule has 26 heavy (non-hydrogen) atoms. The molecule has 1 aromatic heterocycles. The molecule has 1 saturated heterocycles. The van der Waals surface area contributed by atoms with E-state index in [1.165, 1.54) is 5.56 Å². The maximum atomic E-state index is 5.40. The van der Waals surface area contributed by atoms with Crippen molar-refractivity contribution in [2.45, 2.75) is 19.4 Å². The molecule has 1 aliphatic rings. The van der Waals surface area contributed by atoms with Gasteiger partial charge < -0.3 is 14.4 Å². The zero-order valence-electron chi connectivity index (χ0n) is 15.7. The Morgan fingerprint density at radius 1 is 1.08 bits per heavy atom. The molecule has 142 valence electrons. The predicted molar refractivity (Wildman–Crippen MR) is 108 cm³/mol. The van der Waals surface area contributed by atoms with Crippen LogP contribution in [0.25, 0.3) is 0 Å². The van der Waals surface area contributed by atoms with Crippen LogP contribution in [0, 0.1) is 0 Å². The molecule has 2 heterocycles. The third kappa shape index (κ3) is 4.80. The molecule has 0 bridgehead atoms. The molecular formula is C20H28ClN3O2. The number of hydrogen-bond acceptors (Lipinski definition) is 5. The minimum absolute atomic E-state index is 0. The van der Waals surface area contributed by atoms with E-state index in [-0.39, 0.29) is 12.4 Å². The Labute approximate surface area is 162 Å². The summed E-state index contributed by atoms with van der Waals surface area (Å²) >= 11 is 0. The van der Waals surface area contributed by atoms with Gasteiger partial charge in [0.1, 0.15) is 5.82 Å². The lowest BCUT2D eigenvalue weighted by Gasteiger charge is -2.40. The largest absolute Gasteiger partial charge is 0.493 e. The van der Waals surface area contributed by atoms with Crippen molar-refractivity contribution in [3.8, 4) is 11.5 Å². The molecule has 0 N–H and O–H groups in total. The van der Waals surface area contributed by atoms with E-state index in [0.717, 1.165) is 49.9 Å². The van der Waals surface area contributed by atoms with Crippen LogP contribution in [0.5, 0.6) is 11.5 Å². The first-order valence-corrected chi connectivity index (χ1v) is 8.82. The minimum atomic E-state index is 0. The number of nitrogens with zero attached hydrogens (tertiary/aromatic N) is 3. The standard InChI is InChI=1S/C20H27N3O2.ClH/c1-16-15-23(20-6-4-5-10-21-20)13-12-22(16)11-9-17-7-8-18(24-2)19(14-17)25-3;/h4-8,10,14,16H,9,11-13,15H2,1-3H3;1H. The summed E-state index contributed by atoms with van der Waals surface area (Å²) in [7, 11) is 3.35. The quantitative estimate of drug-likeness (QED) is 0.772. The van der Waals surface area contributed by atoms with Gasteiger partial charge in [-0.25, -0.2) is 4.98 Å². The van der Waals surface area contributed by atoms with Crippen LogP contribution >= 0.6 is 12.4 Å². The fourth-order valence-corrected chi connectivity index (χ4v) is 3.39. The molecular weight excluding hydrogens is 350 g/mol. The van der Waals surface area contributed by atoms with Gasteiger partial charge in [0.15, 0.2) is 11.5 Å². The molecule has 1 atom stereocenters. The highest BCUT2D eigenvalue weighted by Gasteiger charge is 2.24. The lowest BCUT2D eigenvalue weighted by atomic mass is 10.1. The van der Waals surface area contributed by atoms with Gasteiger partial charge in [0, 0.05) is 38.4 Å². The topological polar surface area (TPSA) is 37.8 Å². The summed E-state index contributed by atoms with van der Waals surface area (Å²) in [5.74, 6) is 2.66. The molecule has 0 spiro atoms. The Kier molecular flexibility index (Phi) is 7.54. The average molecular weight is 378 g/mol. The monoisotopic (exact) mass is 377 g/mol. The van der Waals surface area contributed by atoms with Crippen molar-refractivity contribution in [2.24, 2.45) is 0 Å². The minimum Gasteiger partial charge on any atom is -0.493 e. The second-order valence-corrected chi connectivity index (χ2v) is 6.46. The molecule has 1 unspecified atom stereocenters. The predicted octanol–water partition coefficient (Wildman–Crippen LogP) is 3.27. The van der Waals surface area contributed by atoms with Crippen molar-refractivity contribution in [1.82, 2.24) is 9.88 Å². The van der Waals surface area contributed by atoms with Gasteiger partial charge in [-0.2, -0.15) is 0 Å². The number of aromatic nitrogens is 1. The van der Waals surface area contributed by atoms with Gasteiger partial charge in [0.05, 0.1) is 14.2 Å². The SMILES string of the molecule is COc1ccc(CCN2CCN(c3ccccn3)CC2C)cc1OC.Cl. The molecule has 1 aliphatic heterocycles. The second-order valence-electron chi connectivity index (χ2n) is 6.46.